The molecule has 20 heavy (non-hydrogen) atoms. The molecular weight excluding hydrogens is 258 g/mol. The van der Waals surface area contributed by atoms with Crippen molar-refractivity contribution < 1.29 is 14.3 Å². The molecule has 1 heterocycles. The van der Waals surface area contributed by atoms with Gasteiger partial charge in [-0.05, 0) is 37.3 Å². The molecule has 0 saturated carbocycles. The Balaban J connectivity index is 1.94. The zero-order chi connectivity index (χ0) is 14.4. The Morgan fingerprint density at radius 1 is 1.30 bits per heavy atom. The van der Waals surface area contributed by atoms with E-state index in [0.717, 1.165) is 5.69 Å². The molecule has 0 unspecified atom stereocenters. The van der Waals surface area contributed by atoms with Crippen molar-refractivity contribution in [2.75, 3.05) is 11.9 Å². The van der Waals surface area contributed by atoms with Gasteiger partial charge < -0.3 is 10.1 Å². The highest BCUT2D eigenvalue weighted by Gasteiger charge is 2.10. The first kappa shape index (κ1) is 13.8. The van der Waals surface area contributed by atoms with E-state index >= 15 is 0 Å². The lowest BCUT2D eigenvalue weighted by Crippen LogP contribution is -2.18. The number of rotatable bonds is 5. The molecule has 0 bridgehead atoms. The average molecular weight is 273 g/mol. The van der Waals surface area contributed by atoms with Crippen LogP contribution in [0.15, 0.2) is 42.7 Å². The van der Waals surface area contributed by atoms with Crippen LogP contribution in [0.2, 0.25) is 0 Å². The van der Waals surface area contributed by atoms with E-state index in [9.17, 15) is 9.59 Å². The highest BCUT2D eigenvalue weighted by molar-refractivity contribution is 6.01. The Kier molecular flexibility index (Phi) is 4.49. The number of aromatic nitrogens is 2. The average Bonchev–Trinajstić information content (AvgIpc) is 2.93. The summed E-state index contributed by atoms with van der Waals surface area (Å²) in [5.74, 6) is -0.923. The fourth-order valence-corrected chi connectivity index (χ4v) is 1.67. The molecule has 0 fully saturated rings. The van der Waals surface area contributed by atoms with E-state index in [0.29, 0.717) is 5.69 Å². The zero-order valence-corrected chi connectivity index (χ0v) is 11.1. The van der Waals surface area contributed by atoms with Gasteiger partial charge in [0, 0.05) is 18.1 Å². The topological polar surface area (TPSA) is 73.2 Å². The highest BCUT2D eigenvalue weighted by Crippen LogP contribution is 2.12. The molecule has 1 amide bonds. The Bertz CT molecular complexity index is 576. The summed E-state index contributed by atoms with van der Waals surface area (Å²) in [6.45, 7) is 1.97. The van der Waals surface area contributed by atoms with Crippen molar-refractivity contribution in [2.45, 2.75) is 13.3 Å². The SMILES string of the molecule is CCOC(=O)CC(=O)Nc1ccc(-n2cccn2)cc1. The Hall–Kier alpha value is -2.63. The predicted molar refractivity (Wildman–Crippen MR) is 73.4 cm³/mol. The molecule has 104 valence electrons. The molecule has 6 nitrogen and oxygen atoms in total. The van der Waals surface area contributed by atoms with Gasteiger partial charge >= 0.3 is 5.97 Å². The third-order valence-electron chi connectivity index (χ3n) is 2.53. The number of nitrogens with one attached hydrogen (secondary N) is 1. The van der Waals surface area contributed by atoms with Gasteiger partial charge in [-0.15, -0.1) is 0 Å². The molecule has 2 aromatic rings. The summed E-state index contributed by atoms with van der Waals surface area (Å²) < 4.78 is 6.42. The van der Waals surface area contributed by atoms with Crippen LogP contribution in [-0.2, 0) is 14.3 Å². The van der Waals surface area contributed by atoms with Crippen molar-refractivity contribution in [3.05, 3.63) is 42.7 Å². The van der Waals surface area contributed by atoms with Crippen molar-refractivity contribution in [2.24, 2.45) is 0 Å². The molecule has 1 N–H and O–H groups in total. The second-order valence-electron chi connectivity index (χ2n) is 4.03. The van der Waals surface area contributed by atoms with Crippen LogP contribution in [-0.4, -0.2) is 28.3 Å². The molecule has 0 aliphatic rings. The number of hydrogen-bond acceptors (Lipinski definition) is 4. The van der Waals surface area contributed by atoms with E-state index in [1.165, 1.54) is 0 Å². The second-order valence-corrected chi connectivity index (χ2v) is 4.03. The van der Waals surface area contributed by atoms with Crippen molar-refractivity contribution in [1.29, 1.82) is 0 Å². The smallest absolute Gasteiger partial charge is 0.315 e. The summed E-state index contributed by atoms with van der Waals surface area (Å²) in [4.78, 5) is 22.7. The maximum Gasteiger partial charge on any atom is 0.315 e. The van der Waals surface area contributed by atoms with Gasteiger partial charge in [0.25, 0.3) is 0 Å². The van der Waals surface area contributed by atoms with E-state index in [-0.39, 0.29) is 13.0 Å². The number of nitrogens with zero attached hydrogens (tertiary/aromatic N) is 2. The number of carbonyl (C=O) groups is 2. The minimum atomic E-state index is -0.529. The number of carbonyl (C=O) groups excluding carboxylic acids is 2. The molecular formula is C14H15N3O3. The largest absolute Gasteiger partial charge is 0.466 e. The standard InChI is InChI=1S/C14H15N3O3/c1-2-20-14(19)10-13(18)16-11-4-6-12(7-5-11)17-9-3-8-15-17/h3-9H,2,10H2,1H3,(H,16,18). The van der Waals surface area contributed by atoms with Crippen LogP contribution < -0.4 is 5.32 Å². The number of ether oxygens (including phenoxy) is 1. The molecule has 6 heteroatoms. The van der Waals surface area contributed by atoms with Crippen molar-refractivity contribution in [3.8, 4) is 5.69 Å². The summed E-state index contributed by atoms with van der Waals surface area (Å²) in [7, 11) is 0. The first-order valence-corrected chi connectivity index (χ1v) is 6.24. The van der Waals surface area contributed by atoms with Gasteiger partial charge in [-0.2, -0.15) is 5.10 Å². The van der Waals surface area contributed by atoms with Crippen molar-refractivity contribution >= 4 is 17.6 Å². The first-order valence-electron chi connectivity index (χ1n) is 6.24. The van der Waals surface area contributed by atoms with Gasteiger partial charge in [0.05, 0.1) is 12.3 Å². The second kappa shape index (κ2) is 6.51. The molecule has 0 atom stereocenters. The van der Waals surface area contributed by atoms with E-state index in [1.807, 2.05) is 24.4 Å². The first-order chi connectivity index (χ1) is 9.69. The number of anilines is 1. The van der Waals surface area contributed by atoms with Crippen molar-refractivity contribution in [1.82, 2.24) is 9.78 Å². The van der Waals surface area contributed by atoms with E-state index < -0.39 is 11.9 Å². The van der Waals surface area contributed by atoms with Crippen LogP contribution in [0.1, 0.15) is 13.3 Å². The number of hydrogen-bond donors (Lipinski definition) is 1. The van der Waals surface area contributed by atoms with Gasteiger partial charge in [0.2, 0.25) is 5.91 Å². The molecule has 1 aromatic heterocycles. The number of amides is 1. The number of esters is 1. The van der Waals surface area contributed by atoms with Crippen LogP contribution in [0, 0.1) is 0 Å². The van der Waals surface area contributed by atoms with Gasteiger partial charge in [0.15, 0.2) is 0 Å². The van der Waals surface area contributed by atoms with Crippen LogP contribution in [0.25, 0.3) is 5.69 Å². The Labute approximate surface area is 116 Å². The maximum absolute atomic E-state index is 11.6. The van der Waals surface area contributed by atoms with Gasteiger partial charge in [0.1, 0.15) is 6.42 Å². The summed E-state index contributed by atoms with van der Waals surface area (Å²) in [6, 6.07) is 8.98. The van der Waals surface area contributed by atoms with E-state index in [4.69, 9.17) is 4.74 Å². The summed E-state index contributed by atoms with van der Waals surface area (Å²) in [5, 5.41) is 6.74. The third kappa shape index (κ3) is 3.68. The highest BCUT2D eigenvalue weighted by atomic mass is 16.5. The van der Waals surface area contributed by atoms with Crippen molar-refractivity contribution in [3.63, 3.8) is 0 Å². The molecule has 0 saturated heterocycles. The lowest BCUT2D eigenvalue weighted by Gasteiger charge is -2.06. The third-order valence-corrected chi connectivity index (χ3v) is 2.53. The van der Waals surface area contributed by atoms with Crippen LogP contribution >= 0.6 is 0 Å². The molecule has 2 rings (SSSR count). The minimum absolute atomic E-state index is 0.269. The summed E-state index contributed by atoms with van der Waals surface area (Å²) >= 11 is 0. The zero-order valence-electron chi connectivity index (χ0n) is 11.1. The molecule has 1 aromatic carbocycles. The summed E-state index contributed by atoms with van der Waals surface area (Å²) in [6.07, 6.45) is 3.23. The monoisotopic (exact) mass is 273 g/mol. The van der Waals surface area contributed by atoms with Crippen LogP contribution in [0.3, 0.4) is 0 Å². The lowest BCUT2D eigenvalue weighted by molar-refractivity contribution is -0.145. The fraction of sp³-hybridized carbons (Fsp3) is 0.214. The summed E-state index contributed by atoms with van der Waals surface area (Å²) in [5.41, 5.74) is 1.51. The molecule has 0 aliphatic carbocycles. The Morgan fingerprint density at radius 2 is 2.05 bits per heavy atom. The lowest BCUT2D eigenvalue weighted by atomic mass is 10.2. The molecule has 0 radical (unpaired) electrons. The van der Waals surface area contributed by atoms with Gasteiger partial charge in [-0.25, -0.2) is 4.68 Å². The predicted octanol–water partition coefficient (Wildman–Crippen LogP) is 1.76. The van der Waals surface area contributed by atoms with E-state index in [2.05, 4.69) is 10.4 Å². The Morgan fingerprint density at radius 3 is 2.65 bits per heavy atom. The van der Waals surface area contributed by atoms with Crippen LogP contribution in [0.5, 0.6) is 0 Å². The molecule has 0 spiro atoms. The van der Waals surface area contributed by atoms with Gasteiger partial charge in [-0.1, -0.05) is 0 Å². The molecule has 0 aliphatic heterocycles. The van der Waals surface area contributed by atoms with Crippen LogP contribution in [0.4, 0.5) is 5.69 Å². The quantitative estimate of drug-likeness (QED) is 0.665. The normalized spacial score (nSPS) is 10.1. The fourth-order valence-electron chi connectivity index (χ4n) is 1.67. The maximum atomic E-state index is 11.6. The minimum Gasteiger partial charge on any atom is -0.466 e. The van der Waals surface area contributed by atoms with E-state index in [1.54, 1.807) is 29.9 Å². The number of benzene rings is 1. The van der Waals surface area contributed by atoms with Gasteiger partial charge in [-0.3, -0.25) is 9.59 Å².